The van der Waals surface area contributed by atoms with Gasteiger partial charge in [-0.3, -0.25) is 9.59 Å². The molecule has 3 aromatic rings. The molecule has 0 heterocycles. The Kier molecular flexibility index (Phi) is 6.40. The van der Waals surface area contributed by atoms with Crippen molar-refractivity contribution < 1.29 is 14.0 Å². The third kappa shape index (κ3) is 5.18. The summed E-state index contributed by atoms with van der Waals surface area (Å²) in [6.07, 6.45) is 0.687. The quantitative estimate of drug-likeness (QED) is 0.634. The molecule has 0 saturated carbocycles. The molecule has 28 heavy (non-hydrogen) atoms. The summed E-state index contributed by atoms with van der Waals surface area (Å²) >= 11 is 5.85. The highest BCUT2D eigenvalue weighted by atomic mass is 35.5. The average molecular weight is 397 g/mol. The predicted octanol–water partition coefficient (Wildman–Crippen LogP) is 4.70. The SMILES string of the molecule is O=C(NCCc1ccc(Cl)cc1)c1ccc(C(=O)Nc2ccccc2F)cc1. The van der Waals surface area contributed by atoms with E-state index in [1.54, 1.807) is 24.3 Å². The van der Waals surface area contributed by atoms with Crippen LogP contribution in [0.2, 0.25) is 5.02 Å². The normalized spacial score (nSPS) is 10.4. The number of anilines is 1. The van der Waals surface area contributed by atoms with Gasteiger partial charge in [-0.05, 0) is 60.5 Å². The van der Waals surface area contributed by atoms with Gasteiger partial charge in [0, 0.05) is 22.7 Å². The summed E-state index contributed by atoms with van der Waals surface area (Å²) < 4.78 is 13.6. The standard InChI is InChI=1S/C22H18ClFN2O2/c23-18-11-5-15(6-12-18)13-14-25-21(27)16-7-9-17(10-8-16)22(28)26-20-4-2-1-3-19(20)24/h1-12H,13-14H2,(H,25,27)(H,26,28). The van der Waals surface area contributed by atoms with Crippen LogP contribution in [0.25, 0.3) is 0 Å². The van der Waals surface area contributed by atoms with Gasteiger partial charge < -0.3 is 10.6 Å². The topological polar surface area (TPSA) is 58.2 Å². The van der Waals surface area contributed by atoms with Crippen LogP contribution >= 0.6 is 11.6 Å². The highest BCUT2D eigenvalue weighted by Gasteiger charge is 2.11. The molecule has 0 unspecified atom stereocenters. The first-order valence-corrected chi connectivity index (χ1v) is 9.09. The fourth-order valence-corrected chi connectivity index (χ4v) is 2.73. The maximum Gasteiger partial charge on any atom is 0.255 e. The van der Waals surface area contributed by atoms with Crippen LogP contribution in [0, 0.1) is 5.82 Å². The summed E-state index contributed by atoms with van der Waals surface area (Å²) in [5, 5.41) is 6.02. The maximum absolute atomic E-state index is 13.6. The monoisotopic (exact) mass is 396 g/mol. The van der Waals surface area contributed by atoms with Gasteiger partial charge in [-0.1, -0.05) is 35.9 Å². The van der Waals surface area contributed by atoms with E-state index >= 15 is 0 Å². The molecule has 0 aliphatic rings. The summed E-state index contributed by atoms with van der Waals surface area (Å²) in [6.45, 7) is 0.482. The molecule has 4 nitrogen and oxygen atoms in total. The molecule has 0 fully saturated rings. The average Bonchev–Trinajstić information content (AvgIpc) is 2.71. The lowest BCUT2D eigenvalue weighted by atomic mass is 10.1. The van der Waals surface area contributed by atoms with E-state index in [2.05, 4.69) is 10.6 Å². The lowest BCUT2D eigenvalue weighted by Crippen LogP contribution is -2.25. The third-order valence-electron chi connectivity index (χ3n) is 4.14. The first-order chi connectivity index (χ1) is 13.5. The van der Waals surface area contributed by atoms with E-state index in [-0.39, 0.29) is 11.6 Å². The zero-order chi connectivity index (χ0) is 19.9. The molecule has 3 rings (SSSR count). The Morgan fingerprint density at radius 2 is 1.43 bits per heavy atom. The minimum Gasteiger partial charge on any atom is -0.352 e. The van der Waals surface area contributed by atoms with Crippen LogP contribution in [0.4, 0.5) is 10.1 Å². The van der Waals surface area contributed by atoms with Crippen molar-refractivity contribution >= 4 is 29.1 Å². The van der Waals surface area contributed by atoms with Crippen LogP contribution in [0.15, 0.2) is 72.8 Å². The van der Waals surface area contributed by atoms with Gasteiger partial charge in [0.25, 0.3) is 11.8 Å². The van der Waals surface area contributed by atoms with Crippen molar-refractivity contribution in [3.8, 4) is 0 Å². The van der Waals surface area contributed by atoms with E-state index in [9.17, 15) is 14.0 Å². The molecule has 3 aromatic carbocycles. The van der Waals surface area contributed by atoms with E-state index in [1.807, 2.05) is 24.3 Å². The molecule has 0 spiro atoms. The number of rotatable bonds is 6. The lowest BCUT2D eigenvalue weighted by Gasteiger charge is -2.08. The van der Waals surface area contributed by atoms with Gasteiger partial charge in [-0.15, -0.1) is 0 Å². The van der Waals surface area contributed by atoms with Crippen molar-refractivity contribution in [3.05, 3.63) is 100 Å². The molecule has 0 saturated heterocycles. The van der Waals surface area contributed by atoms with Crippen LogP contribution in [0.1, 0.15) is 26.3 Å². The number of hydrogen-bond donors (Lipinski definition) is 2. The number of benzene rings is 3. The van der Waals surface area contributed by atoms with Crippen LogP contribution in [0.3, 0.4) is 0 Å². The Bertz CT molecular complexity index is 973. The van der Waals surface area contributed by atoms with Crippen molar-refractivity contribution in [2.75, 3.05) is 11.9 Å². The molecule has 0 aromatic heterocycles. The number of para-hydroxylation sites is 1. The number of amides is 2. The largest absolute Gasteiger partial charge is 0.352 e. The van der Waals surface area contributed by atoms with Gasteiger partial charge >= 0.3 is 0 Å². The van der Waals surface area contributed by atoms with Gasteiger partial charge in [0.05, 0.1) is 5.69 Å². The summed E-state index contributed by atoms with van der Waals surface area (Å²) in [4.78, 5) is 24.4. The van der Waals surface area contributed by atoms with Crippen LogP contribution < -0.4 is 10.6 Å². The van der Waals surface area contributed by atoms with Gasteiger partial charge in [-0.25, -0.2) is 4.39 Å². The fraction of sp³-hybridized carbons (Fsp3) is 0.0909. The molecule has 2 amide bonds. The second-order valence-corrected chi connectivity index (χ2v) is 6.58. The molecule has 2 N–H and O–H groups in total. The van der Waals surface area contributed by atoms with Crippen molar-refractivity contribution in [2.24, 2.45) is 0 Å². The first-order valence-electron chi connectivity index (χ1n) is 8.71. The number of halogens is 2. The van der Waals surface area contributed by atoms with Gasteiger partial charge in [0.15, 0.2) is 0 Å². The highest BCUT2D eigenvalue weighted by molar-refractivity contribution is 6.30. The predicted molar refractivity (Wildman–Crippen MR) is 108 cm³/mol. The zero-order valence-electron chi connectivity index (χ0n) is 14.9. The molecule has 0 radical (unpaired) electrons. The fourth-order valence-electron chi connectivity index (χ4n) is 2.60. The number of carbonyl (C=O) groups is 2. The van der Waals surface area contributed by atoms with Crippen molar-refractivity contribution in [1.29, 1.82) is 0 Å². The zero-order valence-corrected chi connectivity index (χ0v) is 15.7. The summed E-state index contributed by atoms with van der Waals surface area (Å²) in [5.41, 5.74) is 1.96. The van der Waals surface area contributed by atoms with Crippen LogP contribution in [-0.2, 0) is 6.42 Å². The Morgan fingerprint density at radius 3 is 2.07 bits per heavy atom. The van der Waals surface area contributed by atoms with E-state index in [4.69, 9.17) is 11.6 Å². The van der Waals surface area contributed by atoms with E-state index < -0.39 is 11.7 Å². The highest BCUT2D eigenvalue weighted by Crippen LogP contribution is 2.14. The van der Waals surface area contributed by atoms with Gasteiger partial charge in [0.1, 0.15) is 5.82 Å². The number of hydrogen-bond acceptors (Lipinski definition) is 2. The summed E-state index contributed by atoms with van der Waals surface area (Å²) in [7, 11) is 0. The molecular formula is C22H18ClFN2O2. The van der Waals surface area contributed by atoms with Crippen LogP contribution in [0.5, 0.6) is 0 Å². The maximum atomic E-state index is 13.6. The minimum absolute atomic E-state index is 0.108. The van der Waals surface area contributed by atoms with E-state index in [1.165, 1.54) is 24.3 Å². The molecular weight excluding hydrogens is 379 g/mol. The summed E-state index contributed by atoms with van der Waals surface area (Å²) in [5.74, 6) is -1.18. The van der Waals surface area contributed by atoms with E-state index in [0.717, 1.165) is 5.56 Å². The van der Waals surface area contributed by atoms with Crippen LogP contribution in [-0.4, -0.2) is 18.4 Å². The number of nitrogens with one attached hydrogen (secondary N) is 2. The number of carbonyl (C=O) groups excluding carboxylic acids is 2. The Balaban J connectivity index is 1.54. The Hall–Kier alpha value is -3.18. The van der Waals surface area contributed by atoms with E-state index in [0.29, 0.717) is 29.1 Å². The third-order valence-corrected chi connectivity index (χ3v) is 4.40. The molecule has 0 aliphatic heterocycles. The van der Waals surface area contributed by atoms with Crippen molar-refractivity contribution in [3.63, 3.8) is 0 Å². The molecule has 0 aliphatic carbocycles. The minimum atomic E-state index is -0.507. The molecule has 142 valence electrons. The van der Waals surface area contributed by atoms with Crippen molar-refractivity contribution in [1.82, 2.24) is 5.32 Å². The molecule has 0 atom stereocenters. The lowest BCUT2D eigenvalue weighted by molar-refractivity contribution is 0.0952. The smallest absolute Gasteiger partial charge is 0.255 e. The first kappa shape index (κ1) is 19.6. The second kappa shape index (κ2) is 9.15. The Morgan fingerprint density at radius 1 is 0.821 bits per heavy atom. The summed E-state index contributed by atoms with van der Waals surface area (Å²) in [6, 6.07) is 19.6. The van der Waals surface area contributed by atoms with Gasteiger partial charge in [0.2, 0.25) is 0 Å². The van der Waals surface area contributed by atoms with Gasteiger partial charge in [-0.2, -0.15) is 0 Å². The Labute approximate surface area is 167 Å². The molecule has 0 bridgehead atoms. The molecule has 6 heteroatoms. The van der Waals surface area contributed by atoms with Crippen molar-refractivity contribution in [2.45, 2.75) is 6.42 Å². The second-order valence-electron chi connectivity index (χ2n) is 6.14.